The molecule has 1 aromatic carbocycles. The van der Waals surface area contributed by atoms with Gasteiger partial charge in [-0.2, -0.15) is 9.67 Å². The molecule has 0 spiro atoms. The Bertz CT molecular complexity index is 1120. The molecule has 1 N–H and O–H groups in total. The molecule has 1 atom stereocenters. The van der Waals surface area contributed by atoms with Crippen LogP contribution in [0.3, 0.4) is 0 Å². The molecule has 31 heavy (non-hydrogen) atoms. The standard InChI is InChI=1S/C21H25N7O3/c1-21(2,3)13-5-7-15(8-6-13)28-17-16(25-26-28)11-22-20(24-17)23-14-9-10-27(12-14)18(29)19(30)31-4/h5-8,11,14H,9-10,12H2,1-4H3,(H,22,23,24). The molecule has 1 amide bonds. The summed E-state index contributed by atoms with van der Waals surface area (Å²) in [4.78, 5) is 33.8. The lowest BCUT2D eigenvalue weighted by atomic mass is 9.87. The predicted octanol–water partition coefficient (Wildman–Crippen LogP) is 1.69. The van der Waals surface area contributed by atoms with E-state index < -0.39 is 11.9 Å². The number of carbonyl (C=O) groups excluding carboxylic acids is 2. The van der Waals surface area contributed by atoms with Gasteiger partial charge in [-0.25, -0.2) is 9.78 Å². The molecule has 1 saturated heterocycles. The maximum Gasteiger partial charge on any atom is 0.396 e. The van der Waals surface area contributed by atoms with Crippen molar-refractivity contribution in [2.24, 2.45) is 0 Å². The van der Waals surface area contributed by atoms with Crippen LogP contribution in [0.25, 0.3) is 16.9 Å². The Balaban J connectivity index is 1.53. The number of carbonyl (C=O) groups is 2. The van der Waals surface area contributed by atoms with Gasteiger partial charge in [0, 0.05) is 19.1 Å². The highest BCUT2D eigenvalue weighted by Crippen LogP contribution is 2.24. The number of nitrogens with zero attached hydrogens (tertiary/aromatic N) is 6. The highest BCUT2D eigenvalue weighted by atomic mass is 16.5. The number of hydrogen-bond acceptors (Lipinski definition) is 8. The number of rotatable bonds is 3. The average Bonchev–Trinajstić information content (AvgIpc) is 3.39. The number of likely N-dealkylation sites (tertiary alicyclic amines) is 1. The van der Waals surface area contributed by atoms with Crippen LogP contribution >= 0.6 is 0 Å². The number of esters is 1. The molecule has 162 valence electrons. The van der Waals surface area contributed by atoms with E-state index in [9.17, 15) is 9.59 Å². The molecular weight excluding hydrogens is 398 g/mol. The van der Waals surface area contributed by atoms with Crippen molar-refractivity contribution in [3.63, 3.8) is 0 Å². The van der Waals surface area contributed by atoms with Crippen molar-refractivity contribution in [2.45, 2.75) is 38.6 Å². The van der Waals surface area contributed by atoms with E-state index in [4.69, 9.17) is 0 Å². The highest BCUT2D eigenvalue weighted by molar-refractivity contribution is 6.32. The van der Waals surface area contributed by atoms with Crippen LogP contribution in [-0.2, 0) is 19.7 Å². The number of methoxy groups -OCH3 is 1. The van der Waals surface area contributed by atoms with Crippen molar-refractivity contribution in [1.82, 2.24) is 29.9 Å². The molecule has 4 rings (SSSR count). The van der Waals surface area contributed by atoms with Gasteiger partial charge < -0.3 is 15.0 Å². The summed E-state index contributed by atoms with van der Waals surface area (Å²) in [5.41, 5.74) is 3.31. The minimum absolute atomic E-state index is 0.0621. The van der Waals surface area contributed by atoms with Gasteiger partial charge in [0.1, 0.15) is 0 Å². The highest BCUT2D eigenvalue weighted by Gasteiger charge is 2.31. The van der Waals surface area contributed by atoms with Crippen LogP contribution in [0.5, 0.6) is 0 Å². The maximum absolute atomic E-state index is 12.0. The zero-order valence-electron chi connectivity index (χ0n) is 18.0. The van der Waals surface area contributed by atoms with Crippen LogP contribution < -0.4 is 5.32 Å². The molecule has 2 aromatic heterocycles. The first-order chi connectivity index (χ1) is 14.8. The first-order valence-electron chi connectivity index (χ1n) is 10.1. The van der Waals surface area contributed by atoms with Gasteiger partial charge in [-0.1, -0.05) is 38.1 Å². The SMILES string of the molecule is COC(=O)C(=O)N1CCC(Nc2ncc3nnn(-c4ccc(C(C)(C)C)cc4)c3n2)C1. The van der Waals surface area contributed by atoms with Gasteiger partial charge >= 0.3 is 11.9 Å². The van der Waals surface area contributed by atoms with Gasteiger partial charge in [-0.3, -0.25) is 4.79 Å². The third-order valence-electron chi connectivity index (χ3n) is 5.34. The van der Waals surface area contributed by atoms with E-state index in [1.807, 2.05) is 12.1 Å². The first-order valence-corrected chi connectivity index (χ1v) is 10.1. The van der Waals surface area contributed by atoms with Crippen molar-refractivity contribution >= 4 is 29.0 Å². The van der Waals surface area contributed by atoms with Crippen LogP contribution in [0.2, 0.25) is 0 Å². The van der Waals surface area contributed by atoms with E-state index in [1.54, 1.807) is 10.9 Å². The summed E-state index contributed by atoms with van der Waals surface area (Å²) in [6.07, 6.45) is 2.29. The van der Waals surface area contributed by atoms with Crippen LogP contribution in [0.4, 0.5) is 5.95 Å². The second kappa shape index (κ2) is 7.93. The maximum atomic E-state index is 12.0. The average molecular weight is 423 g/mol. The Labute approximate surface area is 179 Å². The number of benzene rings is 1. The third kappa shape index (κ3) is 4.18. The van der Waals surface area contributed by atoms with Crippen LogP contribution in [0.1, 0.15) is 32.8 Å². The summed E-state index contributed by atoms with van der Waals surface area (Å²) in [5, 5.41) is 11.6. The van der Waals surface area contributed by atoms with Gasteiger partial charge in [0.05, 0.1) is 19.0 Å². The predicted molar refractivity (Wildman–Crippen MR) is 114 cm³/mol. The second-order valence-electron chi connectivity index (χ2n) is 8.57. The lowest BCUT2D eigenvalue weighted by Crippen LogP contribution is -2.37. The Kier molecular flexibility index (Phi) is 5.30. The van der Waals surface area contributed by atoms with Crippen molar-refractivity contribution < 1.29 is 14.3 Å². The van der Waals surface area contributed by atoms with Crippen molar-refractivity contribution in [2.75, 3.05) is 25.5 Å². The number of fused-ring (bicyclic) bond motifs is 1. The van der Waals surface area contributed by atoms with Gasteiger partial charge in [-0.15, -0.1) is 5.10 Å². The number of amides is 1. The summed E-state index contributed by atoms with van der Waals surface area (Å²) in [5.74, 6) is -1.07. The smallest absolute Gasteiger partial charge is 0.396 e. The van der Waals surface area contributed by atoms with E-state index in [0.717, 1.165) is 5.69 Å². The second-order valence-corrected chi connectivity index (χ2v) is 8.57. The Hall–Kier alpha value is -3.56. The molecule has 3 heterocycles. The molecule has 3 aromatic rings. The topological polar surface area (TPSA) is 115 Å². The quantitative estimate of drug-likeness (QED) is 0.500. The zero-order valence-corrected chi connectivity index (χ0v) is 18.0. The van der Waals surface area contributed by atoms with Gasteiger partial charge in [-0.05, 0) is 29.5 Å². The first kappa shape index (κ1) is 20.7. The normalized spacial score (nSPS) is 16.5. The summed E-state index contributed by atoms with van der Waals surface area (Å²) < 4.78 is 6.18. The molecule has 0 bridgehead atoms. The van der Waals surface area contributed by atoms with E-state index in [1.165, 1.54) is 17.6 Å². The summed E-state index contributed by atoms with van der Waals surface area (Å²) >= 11 is 0. The monoisotopic (exact) mass is 423 g/mol. The number of nitrogens with one attached hydrogen (secondary N) is 1. The summed E-state index contributed by atoms with van der Waals surface area (Å²) in [6, 6.07) is 8.08. The summed E-state index contributed by atoms with van der Waals surface area (Å²) in [6.45, 7) is 7.34. The van der Waals surface area contributed by atoms with E-state index >= 15 is 0 Å². The molecule has 10 heteroatoms. The molecular formula is C21H25N7O3. The zero-order chi connectivity index (χ0) is 22.2. The molecule has 10 nitrogen and oxygen atoms in total. The third-order valence-corrected chi connectivity index (χ3v) is 5.34. The lowest BCUT2D eigenvalue weighted by Gasteiger charge is -2.19. The van der Waals surface area contributed by atoms with Gasteiger partial charge in [0.15, 0.2) is 11.2 Å². The van der Waals surface area contributed by atoms with Crippen molar-refractivity contribution in [1.29, 1.82) is 0 Å². The minimum atomic E-state index is -0.856. The van der Waals surface area contributed by atoms with Gasteiger partial charge in [0.25, 0.3) is 0 Å². The lowest BCUT2D eigenvalue weighted by molar-refractivity contribution is -0.157. The van der Waals surface area contributed by atoms with E-state index in [-0.39, 0.29) is 11.5 Å². The fraction of sp³-hybridized carbons (Fsp3) is 0.429. The molecule has 1 unspecified atom stereocenters. The fourth-order valence-corrected chi connectivity index (χ4v) is 3.54. The Morgan fingerprint density at radius 3 is 2.61 bits per heavy atom. The number of anilines is 1. The van der Waals surface area contributed by atoms with Crippen LogP contribution in [-0.4, -0.2) is 68.0 Å². The van der Waals surface area contributed by atoms with Gasteiger partial charge in [0.2, 0.25) is 5.95 Å². The van der Waals surface area contributed by atoms with E-state index in [2.05, 4.69) is 63.2 Å². The number of ether oxygens (including phenoxy) is 1. The van der Waals surface area contributed by atoms with Crippen LogP contribution in [0, 0.1) is 0 Å². The fourth-order valence-electron chi connectivity index (χ4n) is 3.54. The Morgan fingerprint density at radius 2 is 1.94 bits per heavy atom. The largest absolute Gasteiger partial charge is 0.462 e. The van der Waals surface area contributed by atoms with E-state index in [0.29, 0.717) is 36.6 Å². The van der Waals surface area contributed by atoms with Crippen molar-refractivity contribution in [3.05, 3.63) is 36.0 Å². The van der Waals surface area contributed by atoms with Crippen molar-refractivity contribution in [3.8, 4) is 5.69 Å². The molecule has 0 saturated carbocycles. The molecule has 1 aliphatic heterocycles. The molecule has 1 fully saturated rings. The Morgan fingerprint density at radius 1 is 1.19 bits per heavy atom. The number of hydrogen-bond donors (Lipinski definition) is 1. The molecule has 1 aliphatic rings. The molecule has 0 radical (unpaired) electrons. The summed E-state index contributed by atoms with van der Waals surface area (Å²) in [7, 11) is 1.20. The minimum Gasteiger partial charge on any atom is -0.462 e. The van der Waals surface area contributed by atoms with Crippen LogP contribution in [0.15, 0.2) is 30.5 Å². The molecule has 0 aliphatic carbocycles. The number of aromatic nitrogens is 5.